The molecule has 3 aliphatic rings. The molecule has 3 aliphatic heterocycles. The Balaban J connectivity index is 1.85. The first kappa shape index (κ1) is 15.5. The van der Waals surface area contributed by atoms with Crippen LogP contribution in [0.15, 0.2) is 34.8 Å². The van der Waals surface area contributed by atoms with E-state index in [1.807, 2.05) is 0 Å². The average Bonchev–Trinajstić information content (AvgIpc) is 3.04. The Morgan fingerprint density at radius 1 is 1.17 bits per heavy atom. The summed E-state index contributed by atoms with van der Waals surface area (Å²) in [5.74, 6) is -2.23. The number of carbonyl (C=O) groups excluding carboxylic acids is 2. The summed E-state index contributed by atoms with van der Waals surface area (Å²) in [4.78, 5) is 37.6. The molecule has 24 heavy (non-hydrogen) atoms. The maximum Gasteiger partial charge on any atom is 0.294 e. The molecule has 8 heteroatoms. The van der Waals surface area contributed by atoms with Crippen LogP contribution in [-0.2, 0) is 14.3 Å². The molecule has 0 N–H and O–H groups in total. The number of halogens is 1. The van der Waals surface area contributed by atoms with Gasteiger partial charge in [-0.25, -0.2) is 4.90 Å². The van der Waals surface area contributed by atoms with Crippen LogP contribution in [0.1, 0.15) is 13.8 Å². The molecule has 124 valence electrons. The number of carbonyl (C=O) groups is 2. The van der Waals surface area contributed by atoms with Crippen LogP contribution in [0.25, 0.3) is 0 Å². The summed E-state index contributed by atoms with van der Waals surface area (Å²) in [5.41, 5.74) is -2.00. The zero-order chi connectivity index (χ0) is 17.4. The Morgan fingerprint density at radius 2 is 1.71 bits per heavy atom. The first-order valence-corrected chi connectivity index (χ1v) is 8.19. The number of nitro benzene ring substituents is 1. The molecule has 2 fully saturated rings. The molecule has 0 aromatic heterocycles. The second kappa shape index (κ2) is 4.52. The van der Waals surface area contributed by atoms with Crippen LogP contribution in [-0.4, -0.2) is 27.9 Å². The van der Waals surface area contributed by atoms with Gasteiger partial charge in [0, 0.05) is 10.5 Å². The van der Waals surface area contributed by atoms with E-state index >= 15 is 0 Å². The molecule has 0 saturated carbocycles. The number of rotatable bonds is 2. The SMILES string of the molecule is C[C@]12C=C[C@](C)(O1)[C@H]1C(=O)N(c3ccc(Br)cc3[N+](=O)[O-])C(=O)[C@@H]12. The second-order valence-electron chi connectivity index (χ2n) is 6.66. The number of nitro groups is 1. The smallest absolute Gasteiger partial charge is 0.294 e. The molecule has 4 atom stereocenters. The fourth-order valence-corrected chi connectivity index (χ4v) is 4.45. The number of benzene rings is 1. The van der Waals surface area contributed by atoms with Crippen LogP contribution >= 0.6 is 15.9 Å². The zero-order valence-electron chi connectivity index (χ0n) is 12.9. The van der Waals surface area contributed by atoms with Crippen molar-refractivity contribution in [2.24, 2.45) is 11.8 Å². The molecule has 2 saturated heterocycles. The Morgan fingerprint density at radius 3 is 2.21 bits per heavy atom. The van der Waals surface area contributed by atoms with E-state index in [9.17, 15) is 19.7 Å². The lowest BCUT2D eigenvalue weighted by Gasteiger charge is -2.25. The number of ether oxygens (including phenoxy) is 1. The van der Waals surface area contributed by atoms with Gasteiger partial charge in [0.25, 0.3) is 5.69 Å². The van der Waals surface area contributed by atoms with Gasteiger partial charge in [0.05, 0.1) is 28.0 Å². The van der Waals surface area contributed by atoms with Gasteiger partial charge < -0.3 is 4.74 Å². The van der Waals surface area contributed by atoms with E-state index in [0.717, 1.165) is 4.90 Å². The van der Waals surface area contributed by atoms with Crippen molar-refractivity contribution in [2.45, 2.75) is 25.0 Å². The number of fused-ring (bicyclic) bond motifs is 5. The lowest BCUT2D eigenvalue weighted by molar-refractivity contribution is -0.384. The number of hydrogen-bond donors (Lipinski definition) is 0. The predicted octanol–water partition coefficient (Wildman–Crippen LogP) is 2.58. The van der Waals surface area contributed by atoms with E-state index in [1.54, 1.807) is 32.1 Å². The molecule has 3 heterocycles. The third kappa shape index (κ3) is 1.75. The fourth-order valence-electron chi connectivity index (χ4n) is 4.10. The van der Waals surface area contributed by atoms with E-state index in [2.05, 4.69) is 15.9 Å². The first-order valence-electron chi connectivity index (χ1n) is 7.40. The molecule has 0 radical (unpaired) electrons. The summed E-state index contributed by atoms with van der Waals surface area (Å²) in [5, 5.41) is 11.4. The van der Waals surface area contributed by atoms with Crippen LogP contribution < -0.4 is 4.90 Å². The van der Waals surface area contributed by atoms with E-state index in [1.165, 1.54) is 12.1 Å². The summed E-state index contributed by atoms with van der Waals surface area (Å²) in [6.07, 6.45) is 3.61. The Hall–Kier alpha value is -2.06. The molecule has 0 spiro atoms. The van der Waals surface area contributed by atoms with Gasteiger partial charge in [-0.1, -0.05) is 28.1 Å². The highest BCUT2D eigenvalue weighted by Crippen LogP contribution is 2.57. The molecule has 2 bridgehead atoms. The fraction of sp³-hybridized carbons (Fsp3) is 0.375. The molecule has 1 aromatic carbocycles. The van der Waals surface area contributed by atoms with Crippen molar-refractivity contribution >= 4 is 39.1 Å². The topological polar surface area (TPSA) is 89.8 Å². The van der Waals surface area contributed by atoms with E-state index < -0.39 is 39.8 Å². The average molecular weight is 393 g/mol. The molecule has 0 aliphatic carbocycles. The highest BCUT2D eigenvalue weighted by molar-refractivity contribution is 9.10. The van der Waals surface area contributed by atoms with Crippen molar-refractivity contribution in [3.05, 3.63) is 44.9 Å². The highest BCUT2D eigenvalue weighted by Gasteiger charge is 2.70. The largest absolute Gasteiger partial charge is 0.359 e. The van der Waals surface area contributed by atoms with Crippen LogP contribution in [0.3, 0.4) is 0 Å². The summed E-state index contributed by atoms with van der Waals surface area (Å²) in [7, 11) is 0. The van der Waals surface area contributed by atoms with E-state index in [-0.39, 0.29) is 11.4 Å². The summed E-state index contributed by atoms with van der Waals surface area (Å²) in [6, 6.07) is 4.28. The predicted molar refractivity (Wildman–Crippen MR) is 87.3 cm³/mol. The monoisotopic (exact) mass is 392 g/mol. The number of imide groups is 1. The van der Waals surface area contributed by atoms with Crippen LogP contribution in [0, 0.1) is 22.0 Å². The third-order valence-electron chi connectivity index (χ3n) is 5.10. The van der Waals surface area contributed by atoms with Crippen molar-refractivity contribution in [2.75, 3.05) is 4.90 Å². The lowest BCUT2D eigenvalue weighted by Crippen LogP contribution is -2.39. The molecular weight excluding hydrogens is 380 g/mol. The summed E-state index contributed by atoms with van der Waals surface area (Å²) >= 11 is 3.18. The highest BCUT2D eigenvalue weighted by atomic mass is 79.9. The standard InChI is InChI=1S/C16H13BrN2O5/c1-15-5-6-16(2,24-15)12-11(15)13(20)18(14(12)21)9-4-3-8(17)7-10(9)19(22)23/h3-7,11-12H,1-2H3/t11-,12-,15-,16+/m1/s1. The van der Waals surface area contributed by atoms with Gasteiger partial charge in [0.15, 0.2) is 0 Å². The normalized spacial score (nSPS) is 36.5. The van der Waals surface area contributed by atoms with Crippen molar-refractivity contribution in [1.29, 1.82) is 0 Å². The van der Waals surface area contributed by atoms with Crippen LogP contribution in [0.2, 0.25) is 0 Å². The van der Waals surface area contributed by atoms with Crippen molar-refractivity contribution in [3.63, 3.8) is 0 Å². The number of amides is 2. The Labute approximate surface area is 145 Å². The molecule has 2 amide bonds. The van der Waals surface area contributed by atoms with Crippen molar-refractivity contribution < 1.29 is 19.2 Å². The van der Waals surface area contributed by atoms with Crippen molar-refractivity contribution in [3.8, 4) is 0 Å². The number of anilines is 1. The second-order valence-corrected chi connectivity index (χ2v) is 7.58. The van der Waals surface area contributed by atoms with Gasteiger partial charge in [-0.3, -0.25) is 19.7 Å². The molecule has 1 aromatic rings. The minimum Gasteiger partial charge on any atom is -0.359 e. The van der Waals surface area contributed by atoms with Gasteiger partial charge >= 0.3 is 0 Å². The van der Waals surface area contributed by atoms with E-state index in [0.29, 0.717) is 4.47 Å². The maximum absolute atomic E-state index is 13.0. The molecular formula is C16H13BrN2O5. The Bertz CT molecular complexity index is 817. The quantitative estimate of drug-likeness (QED) is 0.334. The minimum atomic E-state index is -0.856. The van der Waals surface area contributed by atoms with Crippen LogP contribution in [0.5, 0.6) is 0 Å². The van der Waals surface area contributed by atoms with Gasteiger partial charge in [0.2, 0.25) is 11.8 Å². The summed E-state index contributed by atoms with van der Waals surface area (Å²) in [6.45, 7) is 3.54. The van der Waals surface area contributed by atoms with Gasteiger partial charge in [0.1, 0.15) is 5.69 Å². The Kier molecular flexibility index (Phi) is 2.91. The zero-order valence-corrected chi connectivity index (χ0v) is 14.4. The number of nitrogens with zero attached hydrogens (tertiary/aromatic N) is 2. The third-order valence-corrected chi connectivity index (χ3v) is 5.59. The van der Waals surface area contributed by atoms with Gasteiger partial charge in [-0.15, -0.1) is 0 Å². The summed E-state index contributed by atoms with van der Waals surface area (Å²) < 4.78 is 6.42. The van der Waals surface area contributed by atoms with E-state index in [4.69, 9.17) is 4.74 Å². The van der Waals surface area contributed by atoms with Gasteiger partial charge in [-0.05, 0) is 26.0 Å². The van der Waals surface area contributed by atoms with Crippen LogP contribution in [0.4, 0.5) is 11.4 Å². The maximum atomic E-state index is 13.0. The first-order chi connectivity index (χ1) is 11.2. The molecule has 0 unspecified atom stereocenters. The lowest BCUT2D eigenvalue weighted by atomic mass is 9.73. The number of hydrogen-bond acceptors (Lipinski definition) is 5. The minimum absolute atomic E-state index is 0.000741. The molecule has 4 rings (SSSR count). The van der Waals surface area contributed by atoms with Crippen molar-refractivity contribution in [1.82, 2.24) is 0 Å². The molecule has 7 nitrogen and oxygen atoms in total. The van der Waals surface area contributed by atoms with Gasteiger partial charge in [-0.2, -0.15) is 0 Å².